The van der Waals surface area contributed by atoms with Gasteiger partial charge in [0.1, 0.15) is 12.6 Å². The summed E-state index contributed by atoms with van der Waals surface area (Å²) in [6, 6.07) is 14.1. The lowest BCUT2D eigenvalue weighted by molar-refractivity contribution is -0.139. The number of hydrogen-bond donors (Lipinski definition) is 1. The minimum absolute atomic E-state index is 0.160. The summed E-state index contributed by atoms with van der Waals surface area (Å²) in [5.74, 6) is -1.32. The predicted octanol–water partition coefficient (Wildman–Crippen LogP) is 6.54. The first-order valence-electron chi connectivity index (χ1n) is 12.9. The van der Waals surface area contributed by atoms with Gasteiger partial charge in [-0.25, -0.2) is 8.42 Å². The Labute approximate surface area is 253 Å². The van der Waals surface area contributed by atoms with Crippen molar-refractivity contribution in [1.29, 1.82) is 0 Å². The summed E-state index contributed by atoms with van der Waals surface area (Å²) in [4.78, 5) is 27.9. The van der Waals surface area contributed by atoms with Crippen molar-refractivity contribution in [2.45, 2.75) is 56.9 Å². The molecule has 0 aliphatic rings. The summed E-state index contributed by atoms with van der Waals surface area (Å²) in [5, 5.41) is 3.27. The van der Waals surface area contributed by atoms with E-state index in [-0.39, 0.29) is 33.2 Å². The SMILES string of the molecule is CC[C@@H](C)NC(=O)[C@@H](C)N(Cc1ccc(Cl)c(Cl)c1)C(=O)CN(c1cccc(C(F)(F)F)c1)S(=O)(=O)c1ccccc1. The van der Waals surface area contributed by atoms with Crippen molar-refractivity contribution >= 4 is 50.7 Å². The van der Waals surface area contributed by atoms with E-state index in [1.807, 2.05) is 6.92 Å². The fourth-order valence-electron chi connectivity index (χ4n) is 3.97. The third-order valence-electron chi connectivity index (χ3n) is 6.58. The largest absolute Gasteiger partial charge is 0.416 e. The number of sulfonamides is 1. The maximum atomic E-state index is 13.9. The van der Waals surface area contributed by atoms with E-state index in [9.17, 15) is 31.2 Å². The molecule has 2 amide bonds. The molecule has 3 aromatic carbocycles. The monoisotopic (exact) mass is 643 g/mol. The topological polar surface area (TPSA) is 86.8 Å². The van der Waals surface area contributed by atoms with Gasteiger partial charge in [-0.15, -0.1) is 0 Å². The zero-order chi connectivity index (χ0) is 31.2. The molecule has 0 aromatic heterocycles. The summed E-state index contributed by atoms with van der Waals surface area (Å²) >= 11 is 12.2. The molecule has 0 saturated carbocycles. The second kappa shape index (κ2) is 13.8. The van der Waals surface area contributed by atoms with Crippen LogP contribution in [0.3, 0.4) is 0 Å². The van der Waals surface area contributed by atoms with Crippen LogP contribution in [0.25, 0.3) is 0 Å². The van der Waals surface area contributed by atoms with Gasteiger partial charge in [0.05, 0.1) is 26.2 Å². The highest BCUT2D eigenvalue weighted by molar-refractivity contribution is 7.92. The van der Waals surface area contributed by atoms with E-state index < -0.39 is 46.2 Å². The van der Waals surface area contributed by atoms with Crippen LogP contribution in [0.4, 0.5) is 18.9 Å². The van der Waals surface area contributed by atoms with Gasteiger partial charge in [-0.1, -0.05) is 60.5 Å². The van der Waals surface area contributed by atoms with Crippen molar-refractivity contribution < 1.29 is 31.2 Å². The standard InChI is InChI=1S/C29H30Cl2F3N3O4S/c1-4-19(2)35-28(39)20(3)36(17-21-13-14-25(30)26(31)15-21)27(38)18-37(42(40,41)24-11-6-5-7-12-24)23-10-8-9-22(16-23)29(32,33)34/h5-16,19-20H,4,17-18H2,1-3H3,(H,35,39)/t19-,20-/m1/s1. The maximum Gasteiger partial charge on any atom is 0.416 e. The molecule has 0 heterocycles. The first-order chi connectivity index (χ1) is 19.6. The van der Waals surface area contributed by atoms with Crippen molar-refractivity contribution in [2.75, 3.05) is 10.8 Å². The number of alkyl halides is 3. The van der Waals surface area contributed by atoms with E-state index in [0.717, 1.165) is 17.0 Å². The van der Waals surface area contributed by atoms with Gasteiger partial charge in [0.15, 0.2) is 0 Å². The Kier molecular flexibility index (Phi) is 10.9. The molecule has 42 heavy (non-hydrogen) atoms. The lowest BCUT2D eigenvalue weighted by atomic mass is 10.1. The number of carbonyl (C=O) groups excluding carboxylic acids is 2. The fourth-order valence-corrected chi connectivity index (χ4v) is 5.72. The van der Waals surface area contributed by atoms with E-state index in [0.29, 0.717) is 22.4 Å². The average molecular weight is 645 g/mol. The third kappa shape index (κ3) is 8.17. The van der Waals surface area contributed by atoms with Crippen LogP contribution in [0.15, 0.2) is 77.7 Å². The van der Waals surface area contributed by atoms with Gasteiger partial charge < -0.3 is 10.2 Å². The number of halogens is 5. The van der Waals surface area contributed by atoms with Crippen LogP contribution >= 0.6 is 23.2 Å². The van der Waals surface area contributed by atoms with Crippen molar-refractivity contribution in [3.63, 3.8) is 0 Å². The molecule has 0 fully saturated rings. The van der Waals surface area contributed by atoms with Crippen LogP contribution < -0.4 is 9.62 Å². The van der Waals surface area contributed by atoms with Gasteiger partial charge in [0.2, 0.25) is 11.8 Å². The van der Waals surface area contributed by atoms with Crippen LogP contribution in [-0.4, -0.2) is 43.8 Å². The summed E-state index contributed by atoms with van der Waals surface area (Å²) in [5.41, 5.74) is -0.958. The zero-order valence-corrected chi connectivity index (χ0v) is 25.4. The molecule has 0 radical (unpaired) electrons. The molecule has 3 aromatic rings. The maximum absolute atomic E-state index is 13.9. The smallest absolute Gasteiger partial charge is 0.352 e. The molecule has 0 bridgehead atoms. The Morgan fingerprint density at radius 3 is 2.19 bits per heavy atom. The van der Waals surface area contributed by atoms with E-state index in [1.54, 1.807) is 19.1 Å². The molecule has 0 spiro atoms. The minimum atomic E-state index is -4.76. The Morgan fingerprint density at radius 1 is 0.929 bits per heavy atom. The molecule has 226 valence electrons. The van der Waals surface area contributed by atoms with E-state index in [4.69, 9.17) is 23.2 Å². The predicted molar refractivity (Wildman–Crippen MR) is 157 cm³/mol. The lowest BCUT2D eigenvalue weighted by Gasteiger charge is -2.32. The van der Waals surface area contributed by atoms with E-state index in [1.165, 1.54) is 49.4 Å². The zero-order valence-electron chi connectivity index (χ0n) is 23.0. The van der Waals surface area contributed by atoms with Crippen molar-refractivity contribution in [1.82, 2.24) is 10.2 Å². The molecule has 2 atom stereocenters. The second-order valence-electron chi connectivity index (χ2n) is 9.64. The number of carbonyl (C=O) groups is 2. The molecule has 3 rings (SSSR count). The van der Waals surface area contributed by atoms with Crippen molar-refractivity contribution in [3.8, 4) is 0 Å². The van der Waals surface area contributed by atoms with Crippen LogP contribution in [0.2, 0.25) is 10.0 Å². The normalized spacial score (nSPS) is 13.2. The summed E-state index contributed by atoms with van der Waals surface area (Å²) in [6.07, 6.45) is -4.14. The molecule has 13 heteroatoms. The first-order valence-corrected chi connectivity index (χ1v) is 15.1. The van der Waals surface area contributed by atoms with Crippen molar-refractivity contribution in [3.05, 3.63) is 94.0 Å². The Morgan fingerprint density at radius 2 is 1.60 bits per heavy atom. The van der Waals surface area contributed by atoms with Gasteiger partial charge in [-0.3, -0.25) is 13.9 Å². The Bertz CT molecular complexity index is 1520. The summed E-state index contributed by atoms with van der Waals surface area (Å²) in [7, 11) is -4.52. The number of rotatable bonds is 11. The number of nitrogens with one attached hydrogen (secondary N) is 1. The molecule has 0 saturated heterocycles. The molecular formula is C29H30Cl2F3N3O4S. The Hall–Kier alpha value is -3.28. The van der Waals surface area contributed by atoms with E-state index >= 15 is 0 Å². The molecule has 0 aliphatic heterocycles. The van der Waals surface area contributed by atoms with Gasteiger partial charge >= 0.3 is 6.18 Å². The highest BCUT2D eigenvalue weighted by Gasteiger charge is 2.35. The Balaban J connectivity index is 2.09. The number of benzene rings is 3. The van der Waals surface area contributed by atoms with E-state index in [2.05, 4.69) is 5.32 Å². The van der Waals surface area contributed by atoms with Gasteiger partial charge in [0, 0.05) is 12.6 Å². The minimum Gasteiger partial charge on any atom is -0.352 e. The number of amides is 2. The number of nitrogens with zero attached hydrogens (tertiary/aromatic N) is 2. The molecule has 1 N–H and O–H groups in total. The van der Waals surface area contributed by atoms with Crippen molar-refractivity contribution in [2.24, 2.45) is 0 Å². The van der Waals surface area contributed by atoms with Gasteiger partial charge in [-0.05, 0) is 68.3 Å². The molecule has 7 nitrogen and oxygen atoms in total. The van der Waals surface area contributed by atoms with Crippen LogP contribution in [-0.2, 0) is 32.3 Å². The highest BCUT2D eigenvalue weighted by atomic mass is 35.5. The van der Waals surface area contributed by atoms with Crippen LogP contribution in [0.5, 0.6) is 0 Å². The van der Waals surface area contributed by atoms with Gasteiger partial charge in [-0.2, -0.15) is 13.2 Å². The number of anilines is 1. The average Bonchev–Trinajstić information content (AvgIpc) is 2.95. The molecular weight excluding hydrogens is 614 g/mol. The van der Waals surface area contributed by atoms with Gasteiger partial charge in [0.25, 0.3) is 10.0 Å². The van der Waals surface area contributed by atoms with Crippen LogP contribution in [0, 0.1) is 0 Å². The summed E-state index contributed by atoms with van der Waals surface area (Å²) < 4.78 is 68.8. The van der Waals surface area contributed by atoms with Crippen LogP contribution in [0.1, 0.15) is 38.3 Å². The third-order valence-corrected chi connectivity index (χ3v) is 9.10. The lowest BCUT2D eigenvalue weighted by Crippen LogP contribution is -2.52. The summed E-state index contributed by atoms with van der Waals surface area (Å²) in [6.45, 7) is 4.09. The molecule has 0 unspecified atom stereocenters. The number of hydrogen-bond acceptors (Lipinski definition) is 4. The molecule has 0 aliphatic carbocycles. The second-order valence-corrected chi connectivity index (χ2v) is 12.3. The highest BCUT2D eigenvalue weighted by Crippen LogP contribution is 2.33. The fraction of sp³-hybridized carbons (Fsp3) is 0.310. The first kappa shape index (κ1) is 33.2. The quantitative estimate of drug-likeness (QED) is 0.257.